The van der Waals surface area contributed by atoms with E-state index in [1.165, 1.54) is 5.38 Å². The van der Waals surface area contributed by atoms with E-state index in [1.807, 2.05) is 25.1 Å². The van der Waals surface area contributed by atoms with Gasteiger partial charge >= 0.3 is 0 Å². The highest BCUT2D eigenvalue weighted by atomic mass is 32.1. The topological polar surface area (TPSA) is 79.3 Å². The summed E-state index contributed by atoms with van der Waals surface area (Å²) in [6, 6.07) is 5.86. The van der Waals surface area contributed by atoms with E-state index in [1.54, 1.807) is 0 Å². The Hall–Kier alpha value is -2.21. The van der Waals surface area contributed by atoms with E-state index in [0.29, 0.717) is 5.75 Å². The van der Waals surface area contributed by atoms with Gasteiger partial charge in [0.25, 0.3) is 0 Å². The second-order valence-corrected chi connectivity index (χ2v) is 7.10. The van der Waals surface area contributed by atoms with E-state index in [4.69, 9.17) is 4.74 Å². The highest BCUT2D eigenvalue weighted by Gasteiger charge is 2.21. The lowest BCUT2D eigenvalue weighted by Gasteiger charge is -2.23. The molecule has 0 aliphatic carbocycles. The van der Waals surface area contributed by atoms with Crippen molar-refractivity contribution in [2.24, 2.45) is 0 Å². The maximum Gasteiger partial charge on any atom is 0.228 e. The van der Waals surface area contributed by atoms with Gasteiger partial charge in [0.15, 0.2) is 11.6 Å². The van der Waals surface area contributed by atoms with Gasteiger partial charge in [0.1, 0.15) is 5.75 Å². The second-order valence-electron chi connectivity index (χ2n) is 6.24. The summed E-state index contributed by atoms with van der Waals surface area (Å²) in [5.41, 5.74) is 1.61. The number of rotatable bonds is 5. The van der Waals surface area contributed by atoms with Crippen LogP contribution in [0, 0.1) is 6.92 Å². The van der Waals surface area contributed by atoms with Crippen molar-refractivity contribution in [2.75, 3.05) is 6.61 Å². The number of aromatic nitrogens is 1. The van der Waals surface area contributed by atoms with E-state index >= 15 is 0 Å². The standard InChI is InChI=1S/C17H19NO4S/c1-10-6-5-7-11(17(2,3)4)14(10)22-8-13(19)15-18-12(9-23-15)16(20)21/h5-7,9H,8H2,1-4H3,(H,20,21)/p-1. The summed E-state index contributed by atoms with van der Waals surface area (Å²) >= 11 is 0.974. The van der Waals surface area contributed by atoms with Gasteiger partial charge in [0.2, 0.25) is 5.78 Å². The van der Waals surface area contributed by atoms with Crippen molar-refractivity contribution in [3.05, 3.63) is 45.4 Å². The average Bonchev–Trinajstić information content (AvgIpc) is 2.94. The van der Waals surface area contributed by atoms with Crippen molar-refractivity contribution in [3.8, 4) is 5.75 Å². The summed E-state index contributed by atoms with van der Waals surface area (Å²) in [4.78, 5) is 26.6. The molecule has 0 unspecified atom stereocenters. The van der Waals surface area contributed by atoms with Gasteiger partial charge in [-0.2, -0.15) is 0 Å². The number of para-hydroxylation sites is 1. The molecule has 122 valence electrons. The van der Waals surface area contributed by atoms with Crippen molar-refractivity contribution in [1.82, 2.24) is 4.98 Å². The average molecular weight is 332 g/mol. The van der Waals surface area contributed by atoms with Crippen LogP contribution in [0.25, 0.3) is 0 Å². The van der Waals surface area contributed by atoms with Crippen LogP contribution in [0.15, 0.2) is 23.6 Å². The summed E-state index contributed by atoms with van der Waals surface area (Å²) in [5.74, 6) is -1.06. The van der Waals surface area contributed by atoms with Crippen molar-refractivity contribution in [2.45, 2.75) is 33.1 Å². The largest absolute Gasteiger partial charge is 0.543 e. The van der Waals surface area contributed by atoms with Crippen molar-refractivity contribution < 1.29 is 19.4 Å². The number of thiazole rings is 1. The lowest BCUT2D eigenvalue weighted by Crippen LogP contribution is -2.23. The molecule has 0 radical (unpaired) electrons. The number of carboxylic acid groups (broad SMARTS) is 1. The van der Waals surface area contributed by atoms with Gasteiger partial charge < -0.3 is 14.6 Å². The third-order valence-electron chi connectivity index (χ3n) is 3.32. The molecular weight excluding hydrogens is 314 g/mol. The summed E-state index contributed by atoms with van der Waals surface area (Å²) in [5, 5.41) is 12.1. The number of carbonyl (C=O) groups is 2. The minimum Gasteiger partial charge on any atom is -0.543 e. The zero-order valence-electron chi connectivity index (χ0n) is 13.5. The van der Waals surface area contributed by atoms with Crippen LogP contribution < -0.4 is 9.84 Å². The molecule has 0 spiro atoms. The number of Topliss-reactive ketones (excluding diaryl/α,β-unsaturated/α-hetero) is 1. The predicted molar refractivity (Wildman–Crippen MR) is 86.1 cm³/mol. The van der Waals surface area contributed by atoms with Crippen LogP contribution in [0.4, 0.5) is 0 Å². The minimum atomic E-state index is -1.39. The number of hydrogen-bond donors (Lipinski definition) is 0. The number of hydrogen-bond acceptors (Lipinski definition) is 6. The maximum absolute atomic E-state index is 12.1. The summed E-state index contributed by atoms with van der Waals surface area (Å²) in [6.45, 7) is 7.96. The number of carbonyl (C=O) groups excluding carboxylic acids is 2. The lowest BCUT2D eigenvalue weighted by molar-refractivity contribution is -0.255. The molecule has 0 aliphatic rings. The van der Waals surface area contributed by atoms with Gasteiger partial charge in [-0.25, -0.2) is 4.98 Å². The summed E-state index contributed by atoms with van der Waals surface area (Å²) in [7, 11) is 0. The highest BCUT2D eigenvalue weighted by Crippen LogP contribution is 2.33. The molecule has 1 aromatic carbocycles. The van der Waals surface area contributed by atoms with Crippen molar-refractivity contribution >= 4 is 23.1 Å². The predicted octanol–water partition coefficient (Wildman–Crippen LogP) is 2.37. The van der Waals surface area contributed by atoms with E-state index in [9.17, 15) is 14.7 Å². The normalized spacial score (nSPS) is 11.3. The molecular formula is C17H18NO4S-. The first-order valence-corrected chi connectivity index (χ1v) is 8.01. The molecule has 0 fully saturated rings. The molecule has 0 saturated heterocycles. The Morgan fingerprint density at radius 3 is 2.57 bits per heavy atom. The quantitative estimate of drug-likeness (QED) is 0.785. The fraction of sp³-hybridized carbons (Fsp3) is 0.353. The first-order chi connectivity index (χ1) is 10.7. The molecule has 0 amide bonds. The van der Waals surface area contributed by atoms with E-state index in [0.717, 1.165) is 22.5 Å². The number of ether oxygens (including phenoxy) is 1. The van der Waals surface area contributed by atoms with Crippen LogP contribution in [0.3, 0.4) is 0 Å². The smallest absolute Gasteiger partial charge is 0.228 e. The molecule has 0 atom stereocenters. The highest BCUT2D eigenvalue weighted by molar-refractivity contribution is 7.12. The molecule has 23 heavy (non-hydrogen) atoms. The number of nitrogens with zero attached hydrogens (tertiary/aromatic N) is 1. The molecule has 6 heteroatoms. The van der Waals surface area contributed by atoms with Crippen LogP contribution in [0.1, 0.15) is 52.2 Å². The molecule has 5 nitrogen and oxygen atoms in total. The van der Waals surface area contributed by atoms with Gasteiger partial charge in [0.05, 0.1) is 11.7 Å². The molecule has 0 saturated carbocycles. The molecule has 1 aromatic heterocycles. The number of benzene rings is 1. The minimum absolute atomic E-state index is 0.107. The molecule has 0 bridgehead atoms. The van der Waals surface area contributed by atoms with Crippen LogP contribution in [0.5, 0.6) is 5.75 Å². The molecule has 2 rings (SSSR count). The zero-order chi connectivity index (χ0) is 17.2. The SMILES string of the molecule is Cc1cccc(C(C)(C)C)c1OCC(=O)c1nc(C(=O)[O-])cs1. The monoisotopic (exact) mass is 332 g/mol. The third-order valence-corrected chi connectivity index (χ3v) is 4.20. The molecule has 1 heterocycles. The first kappa shape index (κ1) is 17.1. The fourth-order valence-electron chi connectivity index (χ4n) is 2.13. The van der Waals surface area contributed by atoms with E-state index in [-0.39, 0.29) is 28.5 Å². The van der Waals surface area contributed by atoms with Crippen molar-refractivity contribution in [3.63, 3.8) is 0 Å². The number of aromatic carboxylic acids is 1. The maximum atomic E-state index is 12.1. The number of carboxylic acids is 1. The number of aryl methyl sites for hydroxylation is 1. The Kier molecular flexibility index (Phi) is 4.85. The third kappa shape index (κ3) is 3.96. The fourth-order valence-corrected chi connectivity index (χ4v) is 2.84. The Morgan fingerprint density at radius 1 is 1.30 bits per heavy atom. The Morgan fingerprint density at radius 2 is 2.00 bits per heavy atom. The lowest BCUT2D eigenvalue weighted by atomic mass is 9.85. The van der Waals surface area contributed by atoms with Crippen molar-refractivity contribution in [1.29, 1.82) is 0 Å². The molecule has 2 aromatic rings. The van der Waals surface area contributed by atoms with Gasteiger partial charge in [-0.3, -0.25) is 4.79 Å². The van der Waals surface area contributed by atoms with Crippen LogP contribution >= 0.6 is 11.3 Å². The van der Waals surface area contributed by atoms with Gasteiger partial charge in [-0.15, -0.1) is 11.3 Å². The molecule has 0 aliphatic heterocycles. The van der Waals surface area contributed by atoms with E-state index in [2.05, 4.69) is 25.8 Å². The Bertz CT molecular complexity index is 743. The first-order valence-electron chi connectivity index (χ1n) is 7.13. The van der Waals surface area contributed by atoms with Crippen LogP contribution in [-0.4, -0.2) is 23.3 Å². The van der Waals surface area contributed by atoms with Crippen LogP contribution in [0.2, 0.25) is 0 Å². The van der Waals surface area contributed by atoms with Gasteiger partial charge in [-0.05, 0) is 23.5 Å². The van der Waals surface area contributed by atoms with Gasteiger partial charge in [-0.1, -0.05) is 39.0 Å². The summed E-state index contributed by atoms with van der Waals surface area (Å²) in [6.07, 6.45) is 0. The zero-order valence-corrected chi connectivity index (χ0v) is 14.3. The Balaban J connectivity index is 2.17. The summed E-state index contributed by atoms with van der Waals surface area (Å²) < 4.78 is 5.73. The van der Waals surface area contributed by atoms with Crippen LogP contribution in [-0.2, 0) is 5.41 Å². The number of ketones is 1. The Labute approximate surface area is 138 Å². The molecule has 0 N–H and O–H groups in total. The second kappa shape index (κ2) is 6.50. The van der Waals surface area contributed by atoms with Gasteiger partial charge in [0, 0.05) is 5.38 Å². The van der Waals surface area contributed by atoms with E-state index < -0.39 is 5.97 Å².